The van der Waals surface area contributed by atoms with Crippen molar-refractivity contribution in [3.8, 4) is 0 Å². The van der Waals surface area contributed by atoms with Crippen molar-refractivity contribution in [3.05, 3.63) is 12.2 Å². The summed E-state index contributed by atoms with van der Waals surface area (Å²) in [5.74, 6) is -1.50. The minimum Gasteiger partial charge on any atom is -0.460 e. The maximum absolute atomic E-state index is 12.6. The lowest BCUT2D eigenvalue weighted by Crippen LogP contribution is -2.64. The fourth-order valence-corrected chi connectivity index (χ4v) is 10.5. The summed E-state index contributed by atoms with van der Waals surface area (Å²) in [6, 6.07) is 0. The third-order valence-electron chi connectivity index (χ3n) is 14.6. The van der Waals surface area contributed by atoms with E-state index in [4.69, 9.17) is 42.6 Å². The van der Waals surface area contributed by atoms with Gasteiger partial charge in [-0.05, 0) is 76.5 Å². The number of hydrogen-bond acceptors (Lipinski definition) is 22. The molecule has 3 saturated carbocycles. The highest BCUT2D eigenvalue weighted by atomic mass is 16.7. The Morgan fingerprint density at radius 1 is 0.569 bits per heavy atom. The Balaban J connectivity index is 1.05. The largest absolute Gasteiger partial charge is 0.460 e. The second-order valence-corrected chi connectivity index (χ2v) is 19.0. The molecule has 3 aliphatic carbocycles. The number of rotatable bonds is 13. The van der Waals surface area contributed by atoms with Crippen LogP contribution in [0.4, 0.5) is 0 Å². The molecule has 0 amide bonds. The van der Waals surface area contributed by atoms with E-state index in [1.807, 2.05) is 0 Å². The fraction of sp³-hybridized carbons (Fsp3) is 0.930. The molecule has 0 aromatic rings. The molecule has 4 heterocycles. The van der Waals surface area contributed by atoms with Gasteiger partial charge in [0.2, 0.25) is 0 Å². The maximum Gasteiger partial charge on any atom is 0.330 e. The molecular weight excluding hydrogens is 868 g/mol. The van der Waals surface area contributed by atoms with E-state index in [2.05, 4.69) is 0 Å². The van der Waals surface area contributed by atoms with Gasteiger partial charge in [0, 0.05) is 25.5 Å². The van der Waals surface area contributed by atoms with Crippen molar-refractivity contribution in [1.82, 2.24) is 0 Å². The van der Waals surface area contributed by atoms with Crippen molar-refractivity contribution in [1.29, 1.82) is 0 Å². The number of carbonyl (C=O) groups is 1. The van der Waals surface area contributed by atoms with Crippen LogP contribution in [-0.4, -0.2) is 229 Å². The molecular formula is C43H70O22. The fourth-order valence-electron chi connectivity index (χ4n) is 10.5. The first-order valence-corrected chi connectivity index (χ1v) is 23.0. The summed E-state index contributed by atoms with van der Waals surface area (Å²) in [6.45, 7) is 0.448. The van der Waals surface area contributed by atoms with E-state index in [0.717, 1.165) is 12.8 Å². The highest BCUT2D eigenvalue weighted by Crippen LogP contribution is 2.45. The highest BCUT2D eigenvalue weighted by Gasteiger charge is 2.55. The monoisotopic (exact) mass is 938 g/mol. The lowest BCUT2D eigenvalue weighted by Gasteiger charge is -2.52. The highest BCUT2D eigenvalue weighted by molar-refractivity contribution is 5.81. The second-order valence-electron chi connectivity index (χ2n) is 19.0. The summed E-state index contributed by atoms with van der Waals surface area (Å²) in [4.78, 5) is 12.6. The Labute approximate surface area is 376 Å². The zero-order valence-corrected chi connectivity index (χ0v) is 36.6. The van der Waals surface area contributed by atoms with Crippen molar-refractivity contribution in [2.45, 2.75) is 212 Å². The van der Waals surface area contributed by atoms with Gasteiger partial charge in [-0.3, -0.25) is 0 Å². The standard InChI is InChI=1S/C43H70O22/c1-17-31(48)34(51)37(54)41(60-17)59-16-29-33(50)36(53)39(56)43(65-29)63-27-14-22-24(61-40(27)19-6-9-23(46)26(11-19)57-2)12-21(45)13-25(22)62-42-38(55)35(52)32(49)28(64-42)15-58-30(47)10-5-18-3-7-20(44)8-4-18/h5,10,17-29,31-46,48-56H,3-4,6-9,11-16H2,1-2H3/t17-,18?,19?,20?,21?,22?,23?,24?,25?,26?,27?,28+,29+,31-,32+,33-,34+,35-,36-,37+,38+,39+,40?,41+,42+,43-/m0/s1. The first kappa shape index (κ1) is 51.3. The molecule has 12 N–H and O–H groups in total. The lowest BCUT2D eigenvalue weighted by atomic mass is 9.72. The van der Waals surface area contributed by atoms with Gasteiger partial charge in [-0.2, -0.15) is 0 Å². The number of allylic oxidation sites excluding steroid dienone is 1. The van der Waals surface area contributed by atoms with Gasteiger partial charge >= 0.3 is 5.97 Å². The summed E-state index contributed by atoms with van der Waals surface area (Å²) in [6.07, 6.45) is -22.1. The summed E-state index contributed by atoms with van der Waals surface area (Å²) in [5.41, 5.74) is 0. The maximum atomic E-state index is 12.6. The predicted octanol–water partition coefficient (Wildman–Crippen LogP) is -4.03. The lowest BCUT2D eigenvalue weighted by molar-refractivity contribution is -0.351. The molecule has 0 aromatic heterocycles. The average Bonchev–Trinajstić information content (AvgIpc) is 3.29. The number of ether oxygens (including phenoxy) is 9. The number of methoxy groups -OCH3 is 1. The molecule has 65 heavy (non-hydrogen) atoms. The molecule has 7 aliphatic rings. The van der Waals surface area contributed by atoms with Crippen molar-refractivity contribution in [2.24, 2.45) is 17.8 Å². The molecule has 4 aliphatic heterocycles. The Bertz CT molecular complexity index is 1540. The van der Waals surface area contributed by atoms with E-state index in [1.165, 1.54) is 20.1 Å². The van der Waals surface area contributed by atoms with E-state index >= 15 is 0 Å². The molecule has 7 rings (SSSR count). The Hall–Kier alpha value is -1.59. The van der Waals surface area contributed by atoms with Crippen molar-refractivity contribution in [2.75, 3.05) is 20.3 Å². The molecule has 374 valence electrons. The van der Waals surface area contributed by atoms with Gasteiger partial charge in [-0.1, -0.05) is 6.08 Å². The van der Waals surface area contributed by atoms with Crippen molar-refractivity contribution < 1.29 is 109 Å². The summed E-state index contributed by atoms with van der Waals surface area (Å²) >= 11 is 0. The SMILES string of the molecule is COC1CC(C2OC3CC(O)CC(O[C@@H]4O[C@H](COC(=O)C=CC5CCC(O)CC5)[C@@H](O)[C@H](O)[C@H]4O)C3CC2O[C@H]2O[C@H](CO[C@@H]3O[C@@H](C)[C@H](O)[C@@H](O)[C@H]3O)[C@H](O)[C@H](O)[C@H]2O)CCC1O. The summed E-state index contributed by atoms with van der Waals surface area (Å²) < 4.78 is 53.6. The molecule has 0 aromatic carbocycles. The van der Waals surface area contributed by atoms with Crippen LogP contribution >= 0.6 is 0 Å². The van der Waals surface area contributed by atoms with Crippen LogP contribution in [0.3, 0.4) is 0 Å². The zero-order chi connectivity index (χ0) is 46.9. The normalized spacial score (nSPS) is 51.0. The van der Waals surface area contributed by atoms with E-state index in [1.54, 1.807) is 6.08 Å². The minimum atomic E-state index is -1.81. The van der Waals surface area contributed by atoms with E-state index in [0.29, 0.717) is 32.1 Å². The first-order valence-electron chi connectivity index (χ1n) is 23.0. The number of carbonyl (C=O) groups excluding carboxylic acids is 1. The van der Waals surface area contributed by atoms with Gasteiger partial charge in [0.15, 0.2) is 18.9 Å². The van der Waals surface area contributed by atoms with Gasteiger partial charge in [0.25, 0.3) is 0 Å². The Morgan fingerprint density at radius 2 is 1.17 bits per heavy atom. The molecule has 0 bridgehead atoms. The Morgan fingerprint density at radius 3 is 1.82 bits per heavy atom. The molecule has 0 spiro atoms. The number of aliphatic hydroxyl groups excluding tert-OH is 12. The molecule has 24 atom stereocenters. The van der Waals surface area contributed by atoms with Crippen LogP contribution in [0.5, 0.6) is 0 Å². The van der Waals surface area contributed by atoms with Crippen LogP contribution in [-0.2, 0) is 47.4 Å². The number of aliphatic hydroxyl groups is 12. The molecule has 7 fully saturated rings. The number of fused-ring (bicyclic) bond motifs is 1. The third kappa shape index (κ3) is 11.9. The third-order valence-corrected chi connectivity index (χ3v) is 14.6. The van der Waals surface area contributed by atoms with Crippen molar-refractivity contribution in [3.63, 3.8) is 0 Å². The molecule has 4 saturated heterocycles. The predicted molar refractivity (Wildman–Crippen MR) is 216 cm³/mol. The van der Waals surface area contributed by atoms with E-state index < -0.39 is 160 Å². The van der Waals surface area contributed by atoms with Crippen molar-refractivity contribution >= 4 is 5.97 Å². The molecule has 9 unspecified atom stereocenters. The first-order chi connectivity index (χ1) is 30.9. The molecule has 22 nitrogen and oxygen atoms in total. The smallest absolute Gasteiger partial charge is 0.330 e. The van der Waals surface area contributed by atoms with E-state index in [-0.39, 0.29) is 37.2 Å². The molecule has 0 radical (unpaired) electrons. The topological polar surface area (TPSA) is 343 Å². The minimum absolute atomic E-state index is 0.0173. The Kier molecular flexibility index (Phi) is 17.7. The molecule has 22 heteroatoms. The zero-order valence-electron chi connectivity index (χ0n) is 36.6. The van der Waals surface area contributed by atoms with Crippen LogP contribution in [0.2, 0.25) is 0 Å². The van der Waals surface area contributed by atoms with Crippen LogP contribution in [0.25, 0.3) is 0 Å². The van der Waals surface area contributed by atoms with E-state index in [9.17, 15) is 66.1 Å². The number of hydrogen-bond donors (Lipinski definition) is 12. The van der Waals surface area contributed by atoms with Gasteiger partial charge in [-0.25, -0.2) is 4.79 Å². The van der Waals surface area contributed by atoms with Crippen LogP contribution in [0.15, 0.2) is 12.2 Å². The van der Waals surface area contributed by atoms with Gasteiger partial charge in [0.1, 0.15) is 73.8 Å². The van der Waals surface area contributed by atoms with Gasteiger partial charge < -0.3 is 104 Å². The van der Waals surface area contributed by atoms with Crippen LogP contribution in [0.1, 0.15) is 71.1 Å². The van der Waals surface area contributed by atoms with Crippen LogP contribution in [0, 0.1) is 17.8 Å². The van der Waals surface area contributed by atoms with Gasteiger partial charge in [0.05, 0.1) is 61.5 Å². The summed E-state index contributed by atoms with van der Waals surface area (Å²) in [5, 5.41) is 128. The quantitative estimate of drug-likeness (QED) is 0.0618. The number of esters is 1. The van der Waals surface area contributed by atoms with Gasteiger partial charge in [-0.15, -0.1) is 0 Å². The summed E-state index contributed by atoms with van der Waals surface area (Å²) in [7, 11) is 1.48. The average molecular weight is 939 g/mol. The van der Waals surface area contributed by atoms with Crippen LogP contribution < -0.4 is 0 Å². The second kappa shape index (κ2) is 22.4.